The number of piperidine rings is 1. The van der Waals surface area contributed by atoms with Gasteiger partial charge in [0.25, 0.3) is 0 Å². The van der Waals surface area contributed by atoms with Crippen LogP contribution in [-0.4, -0.2) is 28.8 Å². The molecule has 2 heterocycles. The van der Waals surface area contributed by atoms with Gasteiger partial charge in [0.15, 0.2) is 0 Å². The normalized spacial score (nSPS) is 22.3. The Labute approximate surface area is 127 Å². The minimum absolute atomic E-state index is 0.0753. The number of pyridine rings is 1. The third-order valence-corrected chi connectivity index (χ3v) is 5.37. The van der Waals surface area contributed by atoms with Crippen LogP contribution in [0.3, 0.4) is 0 Å². The van der Waals surface area contributed by atoms with Crippen LogP contribution in [0.1, 0.15) is 56.2 Å². The van der Waals surface area contributed by atoms with Crippen molar-refractivity contribution in [1.29, 1.82) is 5.41 Å². The lowest BCUT2D eigenvalue weighted by atomic mass is 9.68. The molecule has 114 valence electrons. The molecule has 1 spiro atoms. The molecule has 1 aromatic heterocycles. The lowest BCUT2D eigenvalue weighted by Gasteiger charge is -2.44. The maximum Gasteiger partial charge on any atom is 0.142 e. The zero-order chi connectivity index (χ0) is 14.7. The highest BCUT2D eigenvalue weighted by atomic mass is 15.1. The van der Waals surface area contributed by atoms with E-state index >= 15 is 0 Å². The van der Waals surface area contributed by atoms with Crippen LogP contribution >= 0.6 is 0 Å². The summed E-state index contributed by atoms with van der Waals surface area (Å²) >= 11 is 0. The van der Waals surface area contributed by atoms with Gasteiger partial charge in [-0.2, -0.15) is 0 Å². The number of amidine groups is 1. The Morgan fingerprint density at radius 3 is 2.57 bits per heavy atom. The number of nitrogen functional groups attached to an aromatic ring is 1. The highest BCUT2D eigenvalue weighted by molar-refractivity contribution is 5.94. The molecular weight excluding hydrogens is 260 g/mol. The Bertz CT molecular complexity index is 495. The second-order valence-corrected chi connectivity index (χ2v) is 6.76. The molecule has 21 heavy (non-hydrogen) atoms. The van der Waals surface area contributed by atoms with Gasteiger partial charge in [-0.05, 0) is 55.8 Å². The number of rotatable bonds is 3. The van der Waals surface area contributed by atoms with Crippen LogP contribution in [0.4, 0.5) is 0 Å². The highest BCUT2D eigenvalue weighted by Crippen LogP contribution is 2.44. The third-order valence-electron chi connectivity index (χ3n) is 5.37. The number of nitrogens with zero attached hydrogens (tertiary/aromatic N) is 2. The highest BCUT2D eigenvalue weighted by Gasteiger charge is 2.35. The van der Waals surface area contributed by atoms with E-state index in [1.807, 2.05) is 6.07 Å². The van der Waals surface area contributed by atoms with Gasteiger partial charge in [0.1, 0.15) is 11.5 Å². The molecular formula is C17H26N4. The summed E-state index contributed by atoms with van der Waals surface area (Å²) in [4.78, 5) is 6.75. The van der Waals surface area contributed by atoms with Gasteiger partial charge in [0.05, 0.1) is 0 Å². The zero-order valence-electron chi connectivity index (χ0n) is 12.8. The molecule has 1 aromatic rings. The fourth-order valence-corrected chi connectivity index (χ4v) is 4.04. The average molecular weight is 286 g/mol. The minimum Gasteiger partial charge on any atom is -0.382 e. The van der Waals surface area contributed by atoms with Crippen LogP contribution in [0.5, 0.6) is 0 Å². The molecule has 4 nitrogen and oxygen atoms in total. The zero-order valence-corrected chi connectivity index (χ0v) is 12.8. The maximum atomic E-state index is 7.65. The van der Waals surface area contributed by atoms with Crippen molar-refractivity contribution >= 4 is 5.84 Å². The molecule has 1 aliphatic carbocycles. The summed E-state index contributed by atoms with van der Waals surface area (Å²) in [6, 6.07) is 3.99. The van der Waals surface area contributed by atoms with Gasteiger partial charge >= 0.3 is 0 Å². The number of likely N-dealkylation sites (tertiary alicyclic amines) is 1. The number of nitrogens with two attached hydrogens (primary N) is 1. The van der Waals surface area contributed by atoms with Crippen molar-refractivity contribution in [1.82, 2.24) is 9.88 Å². The fourth-order valence-electron chi connectivity index (χ4n) is 4.04. The summed E-state index contributed by atoms with van der Waals surface area (Å²) in [5.74, 6) is 0.0753. The Morgan fingerprint density at radius 2 is 1.90 bits per heavy atom. The van der Waals surface area contributed by atoms with Crippen molar-refractivity contribution in [2.24, 2.45) is 11.1 Å². The van der Waals surface area contributed by atoms with Crippen LogP contribution in [0, 0.1) is 10.8 Å². The first kappa shape index (κ1) is 14.5. The van der Waals surface area contributed by atoms with Gasteiger partial charge < -0.3 is 5.73 Å². The van der Waals surface area contributed by atoms with E-state index < -0.39 is 0 Å². The predicted octanol–water partition coefficient (Wildman–Crippen LogP) is 2.91. The molecule has 3 rings (SSSR count). The van der Waals surface area contributed by atoms with Gasteiger partial charge in [0.2, 0.25) is 0 Å². The Morgan fingerprint density at radius 1 is 1.19 bits per heavy atom. The molecule has 2 aliphatic rings. The third kappa shape index (κ3) is 3.26. The number of aromatic nitrogens is 1. The maximum absolute atomic E-state index is 7.65. The van der Waals surface area contributed by atoms with E-state index in [9.17, 15) is 0 Å². The van der Waals surface area contributed by atoms with Crippen molar-refractivity contribution in [2.45, 2.75) is 51.5 Å². The topological polar surface area (TPSA) is 66.0 Å². The van der Waals surface area contributed by atoms with Gasteiger partial charge in [0, 0.05) is 12.7 Å². The number of hydrogen-bond acceptors (Lipinski definition) is 3. The average Bonchev–Trinajstić information content (AvgIpc) is 2.51. The summed E-state index contributed by atoms with van der Waals surface area (Å²) in [5, 5.41) is 7.65. The molecule has 0 unspecified atom stereocenters. The molecule has 1 aliphatic heterocycles. The SMILES string of the molecule is N=C(N)c1ncccc1CN1CCC2(CCCCC2)CC1. The van der Waals surface area contributed by atoms with Crippen molar-refractivity contribution < 1.29 is 0 Å². The molecule has 0 atom stereocenters. The van der Waals surface area contributed by atoms with Crippen LogP contribution < -0.4 is 5.73 Å². The quantitative estimate of drug-likeness (QED) is 0.663. The second kappa shape index (κ2) is 6.14. The van der Waals surface area contributed by atoms with Crippen molar-refractivity contribution in [3.63, 3.8) is 0 Å². The predicted molar refractivity (Wildman–Crippen MR) is 85.3 cm³/mol. The van der Waals surface area contributed by atoms with Gasteiger partial charge in [-0.1, -0.05) is 25.3 Å². The van der Waals surface area contributed by atoms with E-state index in [0.717, 1.165) is 12.1 Å². The van der Waals surface area contributed by atoms with Crippen LogP contribution in [0.2, 0.25) is 0 Å². The van der Waals surface area contributed by atoms with Gasteiger partial charge in [-0.25, -0.2) is 0 Å². The Hall–Kier alpha value is -1.42. The summed E-state index contributed by atoms with van der Waals surface area (Å²) in [7, 11) is 0. The largest absolute Gasteiger partial charge is 0.382 e. The van der Waals surface area contributed by atoms with Crippen molar-refractivity contribution in [3.05, 3.63) is 29.6 Å². The summed E-state index contributed by atoms with van der Waals surface area (Å²) in [6.07, 6.45) is 11.6. The van der Waals surface area contributed by atoms with E-state index in [1.54, 1.807) is 6.20 Å². The lowest BCUT2D eigenvalue weighted by Crippen LogP contribution is -2.41. The van der Waals surface area contributed by atoms with E-state index in [1.165, 1.54) is 58.0 Å². The Kier molecular flexibility index (Phi) is 4.24. The minimum atomic E-state index is 0.0753. The summed E-state index contributed by atoms with van der Waals surface area (Å²) in [6.45, 7) is 3.22. The first-order valence-electron chi connectivity index (χ1n) is 8.19. The molecule has 1 saturated carbocycles. The molecule has 2 fully saturated rings. The van der Waals surface area contributed by atoms with Gasteiger partial charge in [-0.15, -0.1) is 0 Å². The van der Waals surface area contributed by atoms with Crippen LogP contribution in [0.15, 0.2) is 18.3 Å². The van der Waals surface area contributed by atoms with Gasteiger partial charge in [-0.3, -0.25) is 15.3 Å². The molecule has 0 bridgehead atoms. The van der Waals surface area contributed by atoms with Crippen molar-refractivity contribution in [2.75, 3.05) is 13.1 Å². The first-order chi connectivity index (χ1) is 10.2. The molecule has 1 saturated heterocycles. The van der Waals surface area contributed by atoms with Crippen LogP contribution in [-0.2, 0) is 6.54 Å². The summed E-state index contributed by atoms with van der Waals surface area (Å²) in [5.41, 5.74) is 8.02. The Balaban J connectivity index is 1.62. The fraction of sp³-hybridized carbons (Fsp3) is 0.647. The standard InChI is InChI=1S/C17H26N4/c18-16(19)15-14(5-4-10-20-15)13-21-11-8-17(9-12-21)6-2-1-3-7-17/h4-5,10H,1-3,6-9,11-13H2,(H3,18,19). The van der Waals surface area contributed by atoms with Crippen LogP contribution in [0.25, 0.3) is 0 Å². The van der Waals surface area contributed by atoms with E-state index in [-0.39, 0.29) is 5.84 Å². The van der Waals surface area contributed by atoms with E-state index in [4.69, 9.17) is 11.1 Å². The molecule has 4 heteroatoms. The molecule has 3 N–H and O–H groups in total. The lowest BCUT2D eigenvalue weighted by molar-refractivity contribution is 0.0640. The monoisotopic (exact) mass is 286 g/mol. The van der Waals surface area contributed by atoms with E-state index in [2.05, 4.69) is 16.0 Å². The number of nitrogens with one attached hydrogen (secondary N) is 1. The van der Waals surface area contributed by atoms with E-state index in [0.29, 0.717) is 11.1 Å². The summed E-state index contributed by atoms with van der Waals surface area (Å²) < 4.78 is 0. The molecule has 0 aromatic carbocycles. The first-order valence-corrected chi connectivity index (χ1v) is 8.19. The molecule has 0 radical (unpaired) electrons. The van der Waals surface area contributed by atoms with Crippen molar-refractivity contribution in [3.8, 4) is 0 Å². The second-order valence-electron chi connectivity index (χ2n) is 6.76. The molecule has 0 amide bonds. The smallest absolute Gasteiger partial charge is 0.142 e. The number of hydrogen-bond donors (Lipinski definition) is 2.